The van der Waals surface area contributed by atoms with Crippen LogP contribution in [0.15, 0.2) is 30.3 Å². The molecule has 1 aromatic carbocycles. The lowest BCUT2D eigenvalue weighted by atomic mass is 10.1. The number of nitrogens with one attached hydrogen (secondary N) is 3. The summed E-state index contributed by atoms with van der Waals surface area (Å²) in [6.07, 6.45) is -1.00. The summed E-state index contributed by atoms with van der Waals surface area (Å²) in [7, 11) is 0. The minimum Gasteiger partial charge on any atom is -0.480 e. The third kappa shape index (κ3) is 10.1. The lowest BCUT2D eigenvalue weighted by Crippen LogP contribution is -2.57. The molecule has 1 aromatic rings. The molecule has 0 heterocycles. The molecule has 0 aromatic heterocycles. The highest BCUT2D eigenvalue weighted by Gasteiger charge is 2.30. The van der Waals surface area contributed by atoms with E-state index in [9.17, 15) is 33.9 Å². The molecule has 13 heteroatoms. The summed E-state index contributed by atoms with van der Waals surface area (Å²) in [6, 6.07) is 3.92. The number of aliphatic carboxylic acids is 1. The summed E-state index contributed by atoms with van der Waals surface area (Å²) in [6.45, 7) is 1.34. The third-order valence-corrected chi connectivity index (χ3v) is 4.72. The van der Waals surface area contributed by atoms with Crippen molar-refractivity contribution in [1.82, 2.24) is 16.0 Å². The molecule has 34 heavy (non-hydrogen) atoms. The Balaban J connectivity index is 2.76. The number of hydrogen-bond donors (Lipinski definition) is 7. The molecule has 0 fully saturated rings. The van der Waals surface area contributed by atoms with Crippen LogP contribution in [0.5, 0.6) is 0 Å². The first-order valence-electron chi connectivity index (χ1n) is 10.4. The van der Waals surface area contributed by atoms with Crippen molar-refractivity contribution < 1.29 is 33.9 Å². The van der Waals surface area contributed by atoms with Crippen molar-refractivity contribution in [3.63, 3.8) is 0 Å². The van der Waals surface area contributed by atoms with Crippen molar-refractivity contribution in [1.29, 1.82) is 0 Å². The van der Waals surface area contributed by atoms with Crippen molar-refractivity contribution in [2.45, 2.75) is 56.8 Å². The van der Waals surface area contributed by atoms with Gasteiger partial charge in [-0.3, -0.25) is 24.0 Å². The molecule has 0 spiro atoms. The monoisotopic (exact) mass is 478 g/mol. The van der Waals surface area contributed by atoms with E-state index in [0.717, 1.165) is 5.56 Å². The van der Waals surface area contributed by atoms with Gasteiger partial charge in [-0.05, 0) is 25.3 Å². The van der Waals surface area contributed by atoms with Crippen LogP contribution in [0.2, 0.25) is 0 Å². The molecule has 0 saturated heterocycles. The maximum absolute atomic E-state index is 12.5. The van der Waals surface area contributed by atoms with Crippen LogP contribution in [0.25, 0.3) is 0 Å². The fraction of sp³-hybridized carbons (Fsp3) is 0.429. The molecule has 5 amide bonds. The number of benzene rings is 1. The largest absolute Gasteiger partial charge is 0.480 e. The predicted molar refractivity (Wildman–Crippen MR) is 119 cm³/mol. The molecule has 0 aliphatic carbocycles. The Kier molecular flexibility index (Phi) is 11.2. The lowest BCUT2D eigenvalue weighted by molar-refractivity contribution is -0.142. The zero-order valence-corrected chi connectivity index (χ0v) is 18.7. The summed E-state index contributed by atoms with van der Waals surface area (Å²) in [4.78, 5) is 71.0. The number of carbonyl (C=O) groups excluding carboxylic acids is 5. The maximum atomic E-state index is 12.5. The third-order valence-electron chi connectivity index (χ3n) is 4.72. The van der Waals surface area contributed by atoms with Crippen LogP contribution in [-0.2, 0) is 35.2 Å². The van der Waals surface area contributed by atoms with Gasteiger partial charge in [-0.25, -0.2) is 4.79 Å². The van der Waals surface area contributed by atoms with Crippen LogP contribution in [0, 0.1) is 0 Å². The van der Waals surface area contributed by atoms with E-state index in [2.05, 4.69) is 16.0 Å². The van der Waals surface area contributed by atoms with E-state index < -0.39 is 66.1 Å². The second-order valence-corrected chi connectivity index (χ2v) is 7.66. The van der Waals surface area contributed by atoms with Crippen molar-refractivity contribution in [3.8, 4) is 0 Å². The molecule has 0 radical (unpaired) electrons. The van der Waals surface area contributed by atoms with Crippen molar-refractivity contribution in [2.24, 2.45) is 17.2 Å². The summed E-state index contributed by atoms with van der Waals surface area (Å²) in [5.74, 6) is -5.59. The highest BCUT2D eigenvalue weighted by Crippen LogP contribution is 2.03. The molecule has 186 valence electrons. The number of carboxylic acid groups (broad SMARTS) is 1. The number of nitrogens with two attached hydrogens (primary N) is 3. The van der Waals surface area contributed by atoms with Gasteiger partial charge in [0.15, 0.2) is 0 Å². The standard InChI is InChI=1S/C21H30N6O7/c1-11(25-19(31)13(22)9-12-5-3-2-4-6-12)18(30)27-15(10-17(24)29)20(32)26-14(21(33)34)7-8-16(23)28/h2-6,11,13-15H,7-10,22H2,1H3,(H2,23,28)(H2,24,29)(H,25,31)(H,26,32)(H,27,30)(H,33,34). The van der Waals surface area contributed by atoms with Gasteiger partial charge in [0.2, 0.25) is 29.5 Å². The fourth-order valence-corrected chi connectivity index (χ4v) is 2.87. The molecule has 0 aliphatic heterocycles. The molecule has 4 atom stereocenters. The van der Waals surface area contributed by atoms with Crippen molar-refractivity contribution in [3.05, 3.63) is 35.9 Å². The van der Waals surface area contributed by atoms with Crippen LogP contribution >= 0.6 is 0 Å². The van der Waals surface area contributed by atoms with Gasteiger partial charge in [-0.2, -0.15) is 0 Å². The van der Waals surface area contributed by atoms with Crippen LogP contribution < -0.4 is 33.2 Å². The molecule has 0 aliphatic rings. The summed E-state index contributed by atoms with van der Waals surface area (Å²) < 4.78 is 0. The minimum absolute atomic E-state index is 0.232. The molecular formula is C21H30N6O7. The van der Waals surface area contributed by atoms with Gasteiger partial charge < -0.3 is 38.3 Å². The van der Waals surface area contributed by atoms with Gasteiger partial charge in [-0.15, -0.1) is 0 Å². The Hall–Kier alpha value is -4.00. The second kappa shape index (κ2) is 13.5. The number of carboxylic acids is 1. The Morgan fingerprint density at radius 1 is 0.853 bits per heavy atom. The fourth-order valence-electron chi connectivity index (χ4n) is 2.87. The Morgan fingerprint density at radius 2 is 1.44 bits per heavy atom. The molecule has 1 rings (SSSR count). The van der Waals surface area contributed by atoms with E-state index in [-0.39, 0.29) is 19.3 Å². The smallest absolute Gasteiger partial charge is 0.326 e. The normalized spacial score (nSPS) is 14.1. The molecular weight excluding hydrogens is 448 g/mol. The van der Waals surface area contributed by atoms with E-state index in [1.165, 1.54) is 6.92 Å². The van der Waals surface area contributed by atoms with Crippen molar-refractivity contribution >= 4 is 35.5 Å². The van der Waals surface area contributed by atoms with Crippen LogP contribution in [0.3, 0.4) is 0 Å². The van der Waals surface area contributed by atoms with Gasteiger partial charge >= 0.3 is 5.97 Å². The van der Waals surface area contributed by atoms with Crippen LogP contribution in [0.4, 0.5) is 0 Å². The zero-order valence-electron chi connectivity index (χ0n) is 18.7. The predicted octanol–water partition coefficient (Wildman–Crippen LogP) is -2.74. The average Bonchev–Trinajstić information content (AvgIpc) is 2.75. The van der Waals surface area contributed by atoms with Crippen LogP contribution in [-0.4, -0.2) is 64.8 Å². The quantitative estimate of drug-likeness (QED) is 0.148. The Bertz CT molecular complexity index is 908. The summed E-state index contributed by atoms with van der Waals surface area (Å²) >= 11 is 0. The number of hydrogen-bond acceptors (Lipinski definition) is 7. The Labute approximate surface area is 195 Å². The molecule has 0 bridgehead atoms. The van der Waals surface area contributed by atoms with Gasteiger partial charge in [0.25, 0.3) is 0 Å². The van der Waals surface area contributed by atoms with E-state index in [4.69, 9.17) is 17.2 Å². The number of carbonyl (C=O) groups is 6. The number of amides is 5. The summed E-state index contributed by atoms with van der Waals surface area (Å²) in [5, 5.41) is 16.0. The first-order chi connectivity index (χ1) is 15.9. The number of rotatable bonds is 14. The maximum Gasteiger partial charge on any atom is 0.326 e. The molecule has 13 nitrogen and oxygen atoms in total. The summed E-state index contributed by atoms with van der Waals surface area (Å²) in [5.41, 5.74) is 16.8. The van der Waals surface area contributed by atoms with E-state index in [1.54, 1.807) is 24.3 Å². The van der Waals surface area contributed by atoms with E-state index in [1.807, 2.05) is 6.07 Å². The molecule has 4 unspecified atom stereocenters. The topological polar surface area (TPSA) is 237 Å². The SMILES string of the molecule is CC(NC(=O)C(N)Cc1ccccc1)C(=O)NC(CC(N)=O)C(=O)NC(CCC(N)=O)C(=O)O. The highest BCUT2D eigenvalue weighted by atomic mass is 16.4. The Morgan fingerprint density at radius 3 is 1.97 bits per heavy atom. The van der Waals surface area contributed by atoms with E-state index in [0.29, 0.717) is 0 Å². The van der Waals surface area contributed by atoms with Crippen LogP contribution in [0.1, 0.15) is 31.7 Å². The number of primary amides is 2. The first kappa shape index (κ1) is 28.0. The van der Waals surface area contributed by atoms with Gasteiger partial charge in [0, 0.05) is 6.42 Å². The zero-order chi connectivity index (χ0) is 25.8. The van der Waals surface area contributed by atoms with Gasteiger partial charge in [-0.1, -0.05) is 30.3 Å². The van der Waals surface area contributed by atoms with E-state index >= 15 is 0 Å². The molecule has 0 saturated carbocycles. The first-order valence-corrected chi connectivity index (χ1v) is 10.4. The lowest BCUT2D eigenvalue weighted by Gasteiger charge is -2.23. The van der Waals surface area contributed by atoms with Gasteiger partial charge in [0.1, 0.15) is 18.1 Å². The second-order valence-electron chi connectivity index (χ2n) is 7.66. The average molecular weight is 479 g/mol. The minimum atomic E-state index is -1.52. The molecule has 10 N–H and O–H groups in total. The van der Waals surface area contributed by atoms with Crippen molar-refractivity contribution in [2.75, 3.05) is 0 Å². The van der Waals surface area contributed by atoms with Gasteiger partial charge in [0.05, 0.1) is 12.5 Å². The highest BCUT2D eigenvalue weighted by molar-refractivity contribution is 5.96.